The Morgan fingerprint density at radius 1 is 1.57 bits per heavy atom. The van der Waals surface area contributed by atoms with E-state index < -0.39 is 11.5 Å². The van der Waals surface area contributed by atoms with Crippen LogP contribution in [0.5, 0.6) is 0 Å². The van der Waals surface area contributed by atoms with E-state index in [4.69, 9.17) is 10.4 Å². The fourth-order valence-corrected chi connectivity index (χ4v) is 3.08. The Bertz CT molecular complexity index is 909. The van der Waals surface area contributed by atoms with Crippen molar-refractivity contribution in [3.05, 3.63) is 43.6 Å². The number of rotatable bonds is 3. The zero-order chi connectivity index (χ0) is 15.6. The zero-order valence-corrected chi connectivity index (χ0v) is 12.3. The van der Waals surface area contributed by atoms with Gasteiger partial charge in [0.05, 0.1) is 4.53 Å². The summed E-state index contributed by atoms with van der Waals surface area (Å²) < 4.78 is 3.74. The van der Waals surface area contributed by atoms with Crippen LogP contribution in [-0.4, -0.2) is 20.2 Å². The third kappa shape index (κ3) is 2.66. The third-order valence-corrected chi connectivity index (χ3v) is 4.16. The summed E-state index contributed by atoms with van der Waals surface area (Å²) >= 11 is 1.02. The lowest BCUT2D eigenvalue weighted by molar-refractivity contribution is -0.130. The molecule has 0 amide bonds. The van der Waals surface area contributed by atoms with Gasteiger partial charge in [0.25, 0.3) is 5.56 Å². The molecular weight excluding hydrogens is 290 g/mol. The van der Waals surface area contributed by atoms with Crippen LogP contribution in [0.3, 0.4) is 0 Å². The maximum absolute atomic E-state index is 12.3. The number of hydrogen-bond donors (Lipinski definition) is 1. The standard InChI is InChI=1S/C14H13N3O3S/c1-3-17-12(18)11(7-9-5-4-6-16(9)2)21-13(17)10(8-15)14(19)20/h4-7H,3H2,1-2H3,(H,19,20)/b11-7-,13-10-. The van der Waals surface area contributed by atoms with Crippen molar-refractivity contribution in [3.8, 4) is 6.07 Å². The van der Waals surface area contributed by atoms with Crippen LogP contribution in [0.15, 0.2) is 23.1 Å². The summed E-state index contributed by atoms with van der Waals surface area (Å²) in [6, 6.07) is 5.35. The molecule has 21 heavy (non-hydrogen) atoms. The second kappa shape index (κ2) is 5.81. The number of thiazole rings is 1. The van der Waals surface area contributed by atoms with Gasteiger partial charge in [0.2, 0.25) is 0 Å². The van der Waals surface area contributed by atoms with Crippen LogP contribution >= 0.6 is 11.3 Å². The molecule has 0 fully saturated rings. The minimum atomic E-state index is -1.33. The Morgan fingerprint density at radius 3 is 2.76 bits per heavy atom. The predicted molar refractivity (Wildman–Crippen MR) is 79.1 cm³/mol. The maximum Gasteiger partial charge on any atom is 0.349 e. The van der Waals surface area contributed by atoms with Crippen molar-refractivity contribution in [3.63, 3.8) is 0 Å². The summed E-state index contributed by atoms with van der Waals surface area (Å²) in [6.45, 7) is 2.05. The molecule has 0 aromatic carbocycles. The van der Waals surface area contributed by atoms with Gasteiger partial charge in [0, 0.05) is 25.5 Å². The molecule has 108 valence electrons. The summed E-state index contributed by atoms with van der Waals surface area (Å²) in [5, 5.41) is 18.0. The Kier molecular flexibility index (Phi) is 4.10. The van der Waals surface area contributed by atoms with Crippen LogP contribution in [0.25, 0.3) is 11.6 Å². The summed E-state index contributed by atoms with van der Waals surface area (Å²) in [7, 11) is 1.85. The van der Waals surface area contributed by atoms with Gasteiger partial charge in [-0.2, -0.15) is 5.26 Å². The van der Waals surface area contributed by atoms with E-state index in [-0.39, 0.29) is 10.2 Å². The first-order valence-electron chi connectivity index (χ1n) is 6.20. The van der Waals surface area contributed by atoms with Crippen molar-refractivity contribution in [2.24, 2.45) is 7.05 Å². The van der Waals surface area contributed by atoms with Crippen LogP contribution in [0.1, 0.15) is 12.6 Å². The van der Waals surface area contributed by atoms with Gasteiger partial charge in [0.1, 0.15) is 10.7 Å². The summed E-state index contributed by atoms with van der Waals surface area (Å²) in [5.74, 6) is -1.33. The molecule has 0 saturated heterocycles. The molecule has 6 nitrogen and oxygen atoms in total. The fraction of sp³-hybridized carbons (Fsp3) is 0.214. The number of hydrogen-bond acceptors (Lipinski definition) is 4. The summed E-state index contributed by atoms with van der Waals surface area (Å²) in [5.41, 5.74) is 0.134. The average Bonchev–Trinajstić information content (AvgIpc) is 2.96. The first-order valence-corrected chi connectivity index (χ1v) is 7.01. The monoisotopic (exact) mass is 303 g/mol. The first-order chi connectivity index (χ1) is 9.99. The van der Waals surface area contributed by atoms with Gasteiger partial charge >= 0.3 is 5.97 Å². The molecule has 0 bridgehead atoms. The van der Waals surface area contributed by atoms with Crippen molar-refractivity contribution in [2.75, 3.05) is 0 Å². The van der Waals surface area contributed by atoms with Crippen molar-refractivity contribution < 1.29 is 9.90 Å². The number of aliphatic carboxylic acids is 1. The van der Waals surface area contributed by atoms with Gasteiger partial charge in [-0.3, -0.25) is 9.36 Å². The van der Waals surface area contributed by atoms with E-state index in [2.05, 4.69) is 0 Å². The average molecular weight is 303 g/mol. The second-order valence-corrected chi connectivity index (χ2v) is 5.33. The first kappa shape index (κ1) is 14.8. The number of carboxylic acids is 1. The molecule has 7 heteroatoms. The Hall–Kier alpha value is -2.59. The van der Waals surface area contributed by atoms with E-state index in [0.717, 1.165) is 17.0 Å². The van der Waals surface area contributed by atoms with Crippen molar-refractivity contribution in [1.82, 2.24) is 9.13 Å². The van der Waals surface area contributed by atoms with Gasteiger partial charge < -0.3 is 9.67 Å². The molecule has 2 heterocycles. The number of carbonyl (C=O) groups is 1. The molecule has 0 aliphatic heterocycles. The van der Waals surface area contributed by atoms with E-state index in [9.17, 15) is 9.59 Å². The molecule has 2 aromatic rings. The van der Waals surface area contributed by atoms with Crippen molar-refractivity contribution >= 4 is 29.0 Å². The molecule has 2 rings (SSSR count). The third-order valence-electron chi connectivity index (χ3n) is 3.03. The normalized spacial score (nSPS) is 13.1. The van der Waals surface area contributed by atoms with Crippen LogP contribution in [0.2, 0.25) is 0 Å². The lowest BCUT2D eigenvalue weighted by Crippen LogP contribution is -2.32. The Morgan fingerprint density at radius 2 is 2.29 bits per heavy atom. The highest BCUT2D eigenvalue weighted by molar-refractivity contribution is 7.07. The molecule has 2 aromatic heterocycles. The van der Waals surface area contributed by atoms with Gasteiger partial charge in [-0.25, -0.2) is 4.79 Å². The smallest absolute Gasteiger partial charge is 0.349 e. The Labute approximate surface area is 124 Å². The quantitative estimate of drug-likeness (QED) is 0.854. The molecule has 0 aliphatic carbocycles. The van der Waals surface area contributed by atoms with E-state index in [1.807, 2.05) is 29.9 Å². The van der Waals surface area contributed by atoms with E-state index >= 15 is 0 Å². The van der Waals surface area contributed by atoms with E-state index in [0.29, 0.717) is 11.1 Å². The minimum Gasteiger partial charge on any atom is -0.477 e. The number of carboxylic acid groups (broad SMARTS) is 1. The fourth-order valence-electron chi connectivity index (χ4n) is 1.94. The van der Waals surface area contributed by atoms with E-state index in [1.165, 1.54) is 4.57 Å². The van der Waals surface area contributed by atoms with Crippen LogP contribution in [-0.2, 0) is 18.4 Å². The lowest BCUT2D eigenvalue weighted by atomic mass is 10.3. The molecule has 0 saturated carbocycles. The highest BCUT2D eigenvalue weighted by atomic mass is 32.1. The Balaban J connectivity index is 2.86. The number of aryl methyl sites for hydroxylation is 1. The number of nitrogens with zero attached hydrogens (tertiary/aromatic N) is 3. The molecule has 0 radical (unpaired) electrons. The van der Waals surface area contributed by atoms with Gasteiger partial charge in [-0.05, 0) is 25.1 Å². The van der Waals surface area contributed by atoms with Gasteiger partial charge in [-0.1, -0.05) is 0 Å². The minimum absolute atomic E-state index is 0.179. The van der Waals surface area contributed by atoms with Crippen LogP contribution in [0, 0.1) is 11.3 Å². The summed E-state index contributed by atoms with van der Waals surface area (Å²) in [6.07, 6.45) is 3.54. The van der Waals surface area contributed by atoms with E-state index in [1.54, 1.807) is 19.1 Å². The molecular formula is C14H13N3O3S. The zero-order valence-electron chi connectivity index (χ0n) is 11.5. The highest BCUT2D eigenvalue weighted by Crippen LogP contribution is 2.00. The number of nitriles is 1. The SMILES string of the molecule is CCn1c(=O)/c(=C/c2cccn2C)s/c1=C(/C#N)C(=O)O. The van der Waals surface area contributed by atoms with Crippen molar-refractivity contribution in [1.29, 1.82) is 5.26 Å². The van der Waals surface area contributed by atoms with Crippen LogP contribution in [0.4, 0.5) is 0 Å². The van der Waals surface area contributed by atoms with Crippen molar-refractivity contribution in [2.45, 2.75) is 13.5 Å². The van der Waals surface area contributed by atoms with Crippen LogP contribution < -0.4 is 14.8 Å². The lowest BCUT2D eigenvalue weighted by Gasteiger charge is -1.95. The second-order valence-electron chi connectivity index (χ2n) is 4.30. The van der Waals surface area contributed by atoms with Gasteiger partial charge in [0.15, 0.2) is 5.57 Å². The molecule has 0 atom stereocenters. The van der Waals surface area contributed by atoms with Gasteiger partial charge in [-0.15, -0.1) is 11.3 Å². The largest absolute Gasteiger partial charge is 0.477 e. The topological polar surface area (TPSA) is 88.0 Å². The summed E-state index contributed by atoms with van der Waals surface area (Å²) in [4.78, 5) is 23.4. The predicted octanol–water partition coefficient (Wildman–Crippen LogP) is -0.144. The molecule has 1 N–H and O–H groups in total. The molecule has 0 spiro atoms. The molecule has 0 aliphatic rings. The maximum atomic E-state index is 12.3. The number of aromatic nitrogens is 2. The highest BCUT2D eigenvalue weighted by Gasteiger charge is 2.13. The molecule has 0 unspecified atom stereocenters.